The molecular weight excluding hydrogens is 208 g/mol. The van der Waals surface area contributed by atoms with Gasteiger partial charge in [-0.25, -0.2) is 4.98 Å². The first-order chi connectivity index (χ1) is 7.22. The lowest BCUT2D eigenvalue weighted by atomic mass is 9.80. The Balaban J connectivity index is 1.73. The molecule has 0 unspecified atom stereocenters. The van der Waals surface area contributed by atoms with Crippen LogP contribution < -0.4 is 5.32 Å². The van der Waals surface area contributed by atoms with Crippen LogP contribution in [0.3, 0.4) is 0 Å². The van der Waals surface area contributed by atoms with Gasteiger partial charge in [-0.3, -0.25) is 0 Å². The minimum atomic E-state index is -0.427. The van der Waals surface area contributed by atoms with E-state index < -0.39 is 5.60 Å². The van der Waals surface area contributed by atoms with Crippen LogP contribution in [0.4, 0.5) is 0 Å². The Labute approximate surface area is 94.5 Å². The smallest absolute Gasteiger partial charge is 0.0926 e. The summed E-state index contributed by atoms with van der Waals surface area (Å²) in [6, 6.07) is 0. The van der Waals surface area contributed by atoms with E-state index in [-0.39, 0.29) is 0 Å². The van der Waals surface area contributed by atoms with Crippen molar-refractivity contribution in [2.45, 2.75) is 44.8 Å². The van der Waals surface area contributed by atoms with Crippen molar-refractivity contribution in [1.82, 2.24) is 10.3 Å². The number of thiazole rings is 1. The third-order valence-corrected chi connectivity index (χ3v) is 3.99. The van der Waals surface area contributed by atoms with E-state index in [1.807, 2.05) is 0 Å². The van der Waals surface area contributed by atoms with Gasteiger partial charge in [0.2, 0.25) is 0 Å². The summed E-state index contributed by atoms with van der Waals surface area (Å²) in [5, 5.41) is 16.4. The fraction of sp³-hybridized carbons (Fsp3) is 0.727. The van der Waals surface area contributed by atoms with Gasteiger partial charge in [-0.15, -0.1) is 11.3 Å². The normalized spacial score (nSPS) is 18.8. The number of hydrogen-bond acceptors (Lipinski definition) is 4. The molecular formula is C11H18N2OS. The molecule has 0 spiro atoms. The first kappa shape index (κ1) is 11.0. The average Bonchev–Trinajstić information content (AvgIpc) is 2.63. The highest BCUT2D eigenvalue weighted by Gasteiger charge is 2.33. The Hall–Kier alpha value is -0.450. The molecule has 15 heavy (non-hydrogen) atoms. The molecule has 0 amide bonds. The molecule has 0 radical (unpaired) electrons. The van der Waals surface area contributed by atoms with Crippen LogP contribution in [0, 0.1) is 0 Å². The molecule has 0 saturated heterocycles. The number of rotatable bonds is 5. The highest BCUT2D eigenvalue weighted by Crippen LogP contribution is 2.30. The second-order valence-corrected chi connectivity index (χ2v) is 5.21. The zero-order valence-electron chi connectivity index (χ0n) is 9.12. The predicted molar refractivity (Wildman–Crippen MR) is 62.0 cm³/mol. The molecule has 1 heterocycles. The zero-order valence-corrected chi connectivity index (χ0v) is 9.94. The maximum absolute atomic E-state index is 9.86. The Bertz CT molecular complexity index is 320. The summed E-state index contributed by atoms with van der Waals surface area (Å²) in [6.07, 6.45) is 4.05. The van der Waals surface area contributed by atoms with E-state index in [4.69, 9.17) is 0 Å². The van der Waals surface area contributed by atoms with E-state index in [9.17, 15) is 5.11 Å². The van der Waals surface area contributed by atoms with Gasteiger partial charge in [0.25, 0.3) is 0 Å². The van der Waals surface area contributed by atoms with Gasteiger partial charge in [-0.1, -0.05) is 6.92 Å². The van der Waals surface area contributed by atoms with Crippen LogP contribution in [0.25, 0.3) is 0 Å². The fourth-order valence-corrected chi connectivity index (χ4v) is 2.52. The second kappa shape index (κ2) is 4.60. The summed E-state index contributed by atoms with van der Waals surface area (Å²) in [4.78, 5) is 4.47. The molecule has 0 atom stereocenters. The Morgan fingerprint density at radius 1 is 1.60 bits per heavy atom. The van der Waals surface area contributed by atoms with Crippen LogP contribution in [-0.2, 0) is 13.0 Å². The van der Waals surface area contributed by atoms with Crippen molar-refractivity contribution < 1.29 is 5.11 Å². The number of aliphatic hydroxyl groups is 1. The Morgan fingerprint density at radius 3 is 2.93 bits per heavy atom. The molecule has 2 N–H and O–H groups in total. The van der Waals surface area contributed by atoms with Crippen LogP contribution >= 0.6 is 11.3 Å². The summed E-state index contributed by atoms with van der Waals surface area (Å²) >= 11 is 1.71. The highest BCUT2D eigenvalue weighted by molar-refractivity contribution is 7.09. The number of nitrogens with one attached hydrogen (secondary N) is 1. The molecule has 0 aliphatic heterocycles. The number of nitrogens with zero attached hydrogens (tertiary/aromatic N) is 1. The third kappa shape index (κ3) is 2.77. The van der Waals surface area contributed by atoms with E-state index in [1.54, 1.807) is 11.3 Å². The van der Waals surface area contributed by atoms with Gasteiger partial charge in [-0.2, -0.15) is 0 Å². The van der Waals surface area contributed by atoms with Crippen molar-refractivity contribution in [2.75, 3.05) is 6.54 Å². The van der Waals surface area contributed by atoms with Gasteiger partial charge in [0.1, 0.15) is 0 Å². The van der Waals surface area contributed by atoms with Crippen LogP contribution in [0.15, 0.2) is 5.38 Å². The maximum atomic E-state index is 9.86. The number of aryl methyl sites for hydroxylation is 1. The lowest BCUT2D eigenvalue weighted by Crippen LogP contribution is -2.46. The molecule has 84 valence electrons. The lowest BCUT2D eigenvalue weighted by Gasteiger charge is -2.36. The van der Waals surface area contributed by atoms with Crippen molar-refractivity contribution in [3.8, 4) is 0 Å². The molecule has 1 aliphatic rings. The van der Waals surface area contributed by atoms with Crippen molar-refractivity contribution in [1.29, 1.82) is 0 Å². The molecule has 0 aromatic carbocycles. The molecule has 1 saturated carbocycles. The average molecular weight is 226 g/mol. The summed E-state index contributed by atoms with van der Waals surface area (Å²) in [6.45, 7) is 3.60. The highest BCUT2D eigenvalue weighted by atomic mass is 32.1. The lowest BCUT2D eigenvalue weighted by molar-refractivity contribution is -0.0315. The van der Waals surface area contributed by atoms with Gasteiger partial charge in [0.05, 0.1) is 16.3 Å². The molecule has 1 aliphatic carbocycles. The molecule has 2 rings (SSSR count). The Kier molecular flexibility index (Phi) is 3.38. The van der Waals surface area contributed by atoms with E-state index in [2.05, 4.69) is 22.6 Å². The summed E-state index contributed by atoms with van der Waals surface area (Å²) in [5.41, 5.74) is 0.670. The molecule has 1 aromatic rings. The van der Waals surface area contributed by atoms with E-state index in [0.29, 0.717) is 6.54 Å². The van der Waals surface area contributed by atoms with Crippen LogP contribution in [-0.4, -0.2) is 22.2 Å². The molecule has 1 aromatic heterocycles. The van der Waals surface area contributed by atoms with Crippen molar-refractivity contribution in [3.63, 3.8) is 0 Å². The van der Waals surface area contributed by atoms with Gasteiger partial charge in [0, 0.05) is 18.5 Å². The number of hydrogen-bond donors (Lipinski definition) is 2. The van der Waals surface area contributed by atoms with E-state index in [0.717, 1.165) is 37.9 Å². The maximum Gasteiger partial charge on any atom is 0.0926 e. The van der Waals surface area contributed by atoms with E-state index in [1.165, 1.54) is 5.01 Å². The molecule has 4 heteroatoms. The minimum Gasteiger partial charge on any atom is -0.389 e. The molecule has 1 fully saturated rings. The fourth-order valence-electron chi connectivity index (χ4n) is 1.78. The van der Waals surface area contributed by atoms with Gasteiger partial charge in [-0.05, 0) is 25.7 Å². The largest absolute Gasteiger partial charge is 0.389 e. The van der Waals surface area contributed by atoms with Gasteiger partial charge < -0.3 is 10.4 Å². The van der Waals surface area contributed by atoms with Gasteiger partial charge in [0.15, 0.2) is 0 Å². The standard InChI is InChI=1S/C11H18N2OS/c1-2-10-13-9(7-15-10)6-12-8-11(14)4-3-5-11/h7,12,14H,2-6,8H2,1H3. The van der Waals surface area contributed by atoms with Crippen LogP contribution in [0.2, 0.25) is 0 Å². The first-order valence-electron chi connectivity index (χ1n) is 5.58. The minimum absolute atomic E-state index is 0.427. The summed E-state index contributed by atoms with van der Waals surface area (Å²) < 4.78 is 0. The van der Waals surface area contributed by atoms with Crippen LogP contribution in [0.1, 0.15) is 36.9 Å². The number of aromatic nitrogens is 1. The molecule has 3 nitrogen and oxygen atoms in total. The quantitative estimate of drug-likeness (QED) is 0.803. The van der Waals surface area contributed by atoms with Crippen molar-refractivity contribution in [3.05, 3.63) is 16.1 Å². The van der Waals surface area contributed by atoms with E-state index >= 15 is 0 Å². The van der Waals surface area contributed by atoms with Crippen LogP contribution in [0.5, 0.6) is 0 Å². The SMILES string of the molecule is CCc1nc(CNCC2(O)CCC2)cs1. The zero-order chi connectivity index (χ0) is 10.7. The van der Waals surface area contributed by atoms with Crippen molar-refractivity contribution in [2.24, 2.45) is 0 Å². The monoisotopic (exact) mass is 226 g/mol. The predicted octanol–water partition coefficient (Wildman–Crippen LogP) is 1.71. The second-order valence-electron chi connectivity index (χ2n) is 4.27. The van der Waals surface area contributed by atoms with Gasteiger partial charge >= 0.3 is 0 Å². The third-order valence-electron chi connectivity index (χ3n) is 2.95. The first-order valence-corrected chi connectivity index (χ1v) is 6.46. The topological polar surface area (TPSA) is 45.2 Å². The Morgan fingerprint density at radius 2 is 2.40 bits per heavy atom. The van der Waals surface area contributed by atoms with Crippen molar-refractivity contribution >= 4 is 11.3 Å². The summed E-state index contributed by atoms with van der Waals surface area (Å²) in [7, 11) is 0. The molecule has 0 bridgehead atoms. The summed E-state index contributed by atoms with van der Waals surface area (Å²) in [5.74, 6) is 0.